The summed E-state index contributed by atoms with van der Waals surface area (Å²) in [6, 6.07) is 1.77. The van der Waals surface area contributed by atoms with Crippen LogP contribution < -0.4 is 4.74 Å². The van der Waals surface area contributed by atoms with Gasteiger partial charge in [0.25, 0.3) is 0 Å². The number of carboxylic acids is 1. The van der Waals surface area contributed by atoms with Gasteiger partial charge in [0.2, 0.25) is 5.88 Å². The van der Waals surface area contributed by atoms with Crippen LogP contribution in [0.5, 0.6) is 5.88 Å². The predicted octanol–water partition coefficient (Wildman–Crippen LogP) is 3.60. The Morgan fingerprint density at radius 1 is 1.58 bits per heavy atom. The molecule has 0 radical (unpaired) electrons. The summed E-state index contributed by atoms with van der Waals surface area (Å²) in [7, 11) is 0. The molecule has 0 amide bonds. The van der Waals surface area contributed by atoms with Crippen molar-refractivity contribution in [3.63, 3.8) is 0 Å². The van der Waals surface area contributed by atoms with E-state index in [1.165, 1.54) is 25.7 Å². The maximum absolute atomic E-state index is 10.9. The van der Waals surface area contributed by atoms with Crippen LogP contribution in [-0.4, -0.2) is 22.7 Å². The Hall–Kier alpha value is -1.10. The van der Waals surface area contributed by atoms with Crippen molar-refractivity contribution in [2.24, 2.45) is 5.92 Å². The molecular formula is C14H18BrNO3. The highest BCUT2D eigenvalue weighted by molar-refractivity contribution is 9.10. The third-order valence-corrected chi connectivity index (χ3v) is 4.20. The van der Waals surface area contributed by atoms with Gasteiger partial charge in [-0.1, -0.05) is 12.8 Å². The Balaban J connectivity index is 2.00. The SMILES string of the molecule is CC(C(=O)O)c1cnc(OCC2CCCC2)c(Br)c1. The lowest BCUT2D eigenvalue weighted by Gasteiger charge is -2.13. The molecule has 19 heavy (non-hydrogen) atoms. The van der Waals surface area contributed by atoms with Crippen LogP contribution >= 0.6 is 15.9 Å². The van der Waals surface area contributed by atoms with Crippen molar-refractivity contribution in [3.05, 3.63) is 22.3 Å². The van der Waals surface area contributed by atoms with Crippen molar-refractivity contribution in [3.8, 4) is 5.88 Å². The fourth-order valence-corrected chi connectivity index (χ4v) is 2.78. The topological polar surface area (TPSA) is 59.4 Å². The number of rotatable bonds is 5. The number of aliphatic carboxylic acids is 1. The lowest BCUT2D eigenvalue weighted by Crippen LogP contribution is -2.11. The summed E-state index contributed by atoms with van der Waals surface area (Å²) in [6.07, 6.45) is 6.61. The average molecular weight is 328 g/mol. The van der Waals surface area contributed by atoms with Crippen molar-refractivity contribution >= 4 is 21.9 Å². The van der Waals surface area contributed by atoms with Crippen molar-refractivity contribution < 1.29 is 14.6 Å². The average Bonchev–Trinajstić information content (AvgIpc) is 2.89. The van der Waals surface area contributed by atoms with Gasteiger partial charge in [-0.15, -0.1) is 0 Å². The molecule has 1 N–H and O–H groups in total. The van der Waals surface area contributed by atoms with Gasteiger partial charge < -0.3 is 9.84 Å². The van der Waals surface area contributed by atoms with Gasteiger partial charge in [0.05, 0.1) is 17.0 Å². The Morgan fingerprint density at radius 3 is 2.84 bits per heavy atom. The summed E-state index contributed by atoms with van der Waals surface area (Å²) < 4.78 is 6.43. The van der Waals surface area contributed by atoms with Gasteiger partial charge in [0.1, 0.15) is 0 Å². The van der Waals surface area contributed by atoms with E-state index in [0.717, 1.165) is 4.47 Å². The van der Waals surface area contributed by atoms with E-state index < -0.39 is 11.9 Å². The van der Waals surface area contributed by atoms with Gasteiger partial charge in [-0.05, 0) is 53.2 Å². The van der Waals surface area contributed by atoms with Gasteiger partial charge >= 0.3 is 5.97 Å². The lowest BCUT2D eigenvalue weighted by molar-refractivity contribution is -0.138. The number of hydrogen-bond donors (Lipinski definition) is 1. The van der Waals surface area contributed by atoms with E-state index in [0.29, 0.717) is 24.0 Å². The van der Waals surface area contributed by atoms with Crippen molar-refractivity contribution in [2.45, 2.75) is 38.5 Å². The summed E-state index contributed by atoms with van der Waals surface area (Å²) in [5.41, 5.74) is 0.674. The number of carboxylic acid groups (broad SMARTS) is 1. The van der Waals surface area contributed by atoms with Gasteiger partial charge in [0, 0.05) is 6.20 Å². The zero-order chi connectivity index (χ0) is 13.8. The third kappa shape index (κ3) is 3.69. The summed E-state index contributed by atoms with van der Waals surface area (Å²) in [6.45, 7) is 2.34. The molecule has 1 fully saturated rings. The zero-order valence-corrected chi connectivity index (χ0v) is 12.5. The molecule has 0 aromatic carbocycles. The van der Waals surface area contributed by atoms with E-state index >= 15 is 0 Å². The number of halogens is 1. The molecule has 2 rings (SSSR count). The molecule has 1 unspecified atom stereocenters. The molecule has 0 bridgehead atoms. The summed E-state index contributed by atoms with van der Waals surface area (Å²) >= 11 is 3.39. The first-order valence-electron chi connectivity index (χ1n) is 6.59. The molecule has 1 aromatic heterocycles. The van der Waals surface area contributed by atoms with E-state index in [1.807, 2.05) is 0 Å². The predicted molar refractivity (Wildman–Crippen MR) is 75.4 cm³/mol. The largest absolute Gasteiger partial charge is 0.481 e. The summed E-state index contributed by atoms with van der Waals surface area (Å²) in [5.74, 6) is -0.236. The molecule has 1 aromatic rings. The van der Waals surface area contributed by atoms with E-state index in [-0.39, 0.29) is 0 Å². The molecule has 1 aliphatic rings. The second-order valence-electron chi connectivity index (χ2n) is 5.08. The second kappa shape index (κ2) is 6.37. The first kappa shape index (κ1) is 14.3. The molecule has 4 nitrogen and oxygen atoms in total. The highest BCUT2D eigenvalue weighted by Crippen LogP contribution is 2.29. The van der Waals surface area contributed by atoms with E-state index in [1.54, 1.807) is 19.2 Å². The van der Waals surface area contributed by atoms with Crippen molar-refractivity contribution in [2.75, 3.05) is 6.61 Å². The molecule has 1 saturated carbocycles. The smallest absolute Gasteiger partial charge is 0.310 e. The van der Waals surface area contributed by atoms with Gasteiger partial charge in [-0.2, -0.15) is 0 Å². The van der Waals surface area contributed by atoms with Gasteiger partial charge in [0.15, 0.2) is 0 Å². The Kier molecular flexibility index (Phi) is 4.80. The van der Waals surface area contributed by atoms with E-state index in [9.17, 15) is 4.79 Å². The van der Waals surface area contributed by atoms with Crippen LogP contribution in [0.25, 0.3) is 0 Å². The third-order valence-electron chi connectivity index (χ3n) is 3.63. The van der Waals surface area contributed by atoms with Crippen LogP contribution in [0.4, 0.5) is 0 Å². The fraction of sp³-hybridized carbons (Fsp3) is 0.571. The molecule has 0 saturated heterocycles. The van der Waals surface area contributed by atoms with Gasteiger partial charge in [-0.3, -0.25) is 4.79 Å². The maximum Gasteiger partial charge on any atom is 0.310 e. The molecule has 1 heterocycles. The first-order valence-corrected chi connectivity index (χ1v) is 7.38. The number of ether oxygens (including phenoxy) is 1. The minimum atomic E-state index is -0.853. The summed E-state index contributed by atoms with van der Waals surface area (Å²) in [4.78, 5) is 15.1. The van der Waals surface area contributed by atoms with Crippen LogP contribution in [0.2, 0.25) is 0 Å². The molecule has 1 aliphatic carbocycles. The Labute approximate surface area is 121 Å². The van der Waals surface area contributed by atoms with E-state index in [2.05, 4.69) is 20.9 Å². The number of aromatic nitrogens is 1. The molecule has 0 aliphatic heterocycles. The Morgan fingerprint density at radius 2 is 2.26 bits per heavy atom. The number of hydrogen-bond acceptors (Lipinski definition) is 3. The van der Waals surface area contributed by atoms with Crippen LogP contribution in [0, 0.1) is 5.92 Å². The minimum Gasteiger partial charge on any atom is -0.481 e. The molecule has 0 spiro atoms. The number of nitrogens with zero attached hydrogens (tertiary/aromatic N) is 1. The maximum atomic E-state index is 10.9. The highest BCUT2D eigenvalue weighted by Gasteiger charge is 2.18. The van der Waals surface area contributed by atoms with Crippen LogP contribution in [-0.2, 0) is 4.79 Å². The van der Waals surface area contributed by atoms with Crippen molar-refractivity contribution in [1.82, 2.24) is 4.98 Å². The van der Waals surface area contributed by atoms with Crippen LogP contribution in [0.15, 0.2) is 16.7 Å². The standard InChI is InChI=1S/C14H18BrNO3/c1-9(14(17)18)11-6-12(15)13(16-7-11)19-8-10-4-2-3-5-10/h6-7,9-10H,2-5,8H2,1H3,(H,17,18). The Bertz CT molecular complexity index is 458. The first-order chi connectivity index (χ1) is 9.08. The second-order valence-corrected chi connectivity index (χ2v) is 5.93. The zero-order valence-electron chi connectivity index (χ0n) is 10.9. The van der Waals surface area contributed by atoms with Crippen LogP contribution in [0.3, 0.4) is 0 Å². The monoisotopic (exact) mass is 327 g/mol. The molecule has 5 heteroatoms. The lowest BCUT2D eigenvalue weighted by atomic mass is 10.0. The molecule has 104 valence electrons. The fourth-order valence-electron chi connectivity index (χ4n) is 2.30. The number of pyridine rings is 1. The molecular weight excluding hydrogens is 310 g/mol. The highest BCUT2D eigenvalue weighted by atomic mass is 79.9. The van der Waals surface area contributed by atoms with Crippen LogP contribution in [0.1, 0.15) is 44.1 Å². The summed E-state index contributed by atoms with van der Waals surface area (Å²) in [5, 5.41) is 8.97. The van der Waals surface area contributed by atoms with Crippen molar-refractivity contribution in [1.29, 1.82) is 0 Å². The van der Waals surface area contributed by atoms with E-state index in [4.69, 9.17) is 9.84 Å². The number of carbonyl (C=O) groups is 1. The minimum absolute atomic E-state index is 0.549. The normalized spacial score (nSPS) is 17.4. The quantitative estimate of drug-likeness (QED) is 0.897. The van der Waals surface area contributed by atoms with Gasteiger partial charge in [-0.25, -0.2) is 4.98 Å². The molecule has 1 atom stereocenters.